The van der Waals surface area contributed by atoms with Crippen molar-refractivity contribution in [2.24, 2.45) is 40.4 Å². The third-order valence-corrected chi connectivity index (χ3v) is 11.7. The lowest BCUT2D eigenvalue weighted by Gasteiger charge is -2.62. The molecular formula is C31H43NO3. The van der Waals surface area contributed by atoms with Crippen LogP contribution in [0.15, 0.2) is 27.4 Å². The number of aliphatic hydroxyl groups is 1. The topological polar surface area (TPSA) is 63.3 Å². The molecule has 1 aromatic carbocycles. The van der Waals surface area contributed by atoms with Gasteiger partial charge in [-0.05, 0) is 117 Å². The molecule has 6 rings (SSSR count). The number of rotatable bonds is 4. The van der Waals surface area contributed by atoms with Crippen molar-refractivity contribution in [3.8, 4) is 0 Å². The molecule has 1 heterocycles. The van der Waals surface area contributed by atoms with Crippen molar-refractivity contribution in [1.29, 1.82) is 0 Å². The summed E-state index contributed by atoms with van der Waals surface area (Å²) in [5.74, 6) is 3.90. The maximum absolute atomic E-state index is 12.5. The number of fused-ring (bicyclic) bond motifs is 6. The number of benzene rings is 1. The Morgan fingerprint density at radius 2 is 1.89 bits per heavy atom. The average molecular weight is 478 g/mol. The van der Waals surface area contributed by atoms with Gasteiger partial charge in [0.2, 0.25) is 0 Å². The Bertz CT molecular complexity index is 1160. The van der Waals surface area contributed by atoms with Crippen LogP contribution in [0.3, 0.4) is 0 Å². The zero-order chi connectivity index (χ0) is 24.4. The van der Waals surface area contributed by atoms with Gasteiger partial charge in [-0.2, -0.15) is 0 Å². The highest BCUT2D eigenvalue weighted by Crippen LogP contribution is 2.67. The standard InChI is InChI=1S/C31H43NO3/c1-19-8-6-11-24-27(19)29(34)35-26(32-24)12-7-10-20-13-14-22-28-23(15-17-31(20,22)3)30(2)16-5-4-9-21(30)18-25(28)33/h6,8,11,20-23,25,28,33H,4-5,7,9-10,12-18H2,1-3H3. The van der Waals surface area contributed by atoms with Crippen LogP contribution >= 0.6 is 0 Å². The van der Waals surface area contributed by atoms with E-state index in [1.165, 1.54) is 51.4 Å². The molecule has 0 spiro atoms. The SMILES string of the molecule is Cc1cccc2nc(CCCC3CCC4C5C(O)CC6CCCCC6(C)C5CCC34C)oc(=O)c12. The fourth-order valence-corrected chi connectivity index (χ4v) is 9.77. The molecule has 0 bridgehead atoms. The third kappa shape index (κ3) is 3.72. The molecule has 190 valence electrons. The molecule has 8 atom stereocenters. The number of nitrogens with zero attached hydrogens (tertiary/aromatic N) is 1. The summed E-state index contributed by atoms with van der Waals surface area (Å²) in [5.41, 5.74) is 2.22. The zero-order valence-electron chi connectivity index (χ0n) is 21.9. The number of hydrogen-bond acceptors (Lipinski definition) is 4. The summed E-state index contributed by atoms with van der Waals surface area (Å²) in [6.45, 7) is 7.07. The number of aromatic nitrogens is 1. The molecule has 4 fully saturated rings. The van der Waals surface area contributed by atoms with Crippen LogP contribution in [0.5, 0.6) is 0 Å². The molecule has 0 saturated heterocycles. The Morgan fingerprint density at radius 3 is 2.74 bits per heavy atom. The van der Waals surface area contributed by atoms with E-state index in [0.717, 1.165) is 42.7 Å². The maximum Gasteiger partial charge on any atom is 0.347 e. The highest BCUT2D eigenvalue weighted by Gasteiger charge is 2.61. The van der Waals surface area contributed by atoms with Crippen LogP contribution in [0.1, 0.15) is 95.9 Å². The summed E-state index contributed by atoms with van der Waals surface area (Å²) >= 11 is 0. The lowest BCUT2D eigenvalue weighted by Crippen LogP contribution is -2.57. The van der Waals surface area contributed by atoms with Gasteiger partial charge in [-0.25, -0.2) is 9.78 Å². The first-order chi connectivity index (χ1) is 16.8. The van der Waals surface area contributed by atoms with E-state index in [1.54, 1.807) is 0 Å². The van der Waals surface area contributed by atoms with E-state index in [-0.39, 0.29) is 11.7 Å². The Kier molecular flexibility index (Phi) is 5.90. The lowest BCUT2D eigenvalue weighted by atomic mass is 9.44. The van der Waals surface area contributed by atoms with Crippen LogP contribution in [0.4, 0.5) is 0 Å². The summed E-state index contributed by atoms with van der Waals surface area (Å²) in [7, 11) is 0. The second-order valence-electron chi connectivity index (χ2n) is 13.1. The molecule has 2 aromatic rings. The van der Waals surface area contributed by atoms with Crippen LogP contribution in [-0.4, -0.2) is 16.2 Å². The quantitative estimate of drug-likeness (QED) is 0.524. The van der Waals surface area contributed by atoms with Crippen LogP contribution in [0, 0.1) is 47.3 Å². The fraction of sp³-hybridized carbons (Fsp3) is 0.742. The van der Waals surface area contributed by atoms with Gasteiger partial charge >= 0.3 is 5.63 Å². The summed E-state index contributed by atoms with van der Waals surface area (Å²) in [6.07, 6.45) is 14.5. The molecule has 4 heteroatoms. The Hall–Kier alpha value is -1.68. The highest BCUT2D eigenvalue weighted by molar-refractivity contribution is 5.80. The number of aryl methyl sites for hydroxylation is 2. The van der Waals surface area contributed by atoms with Gasteiger partial charge in [0.05, 0.1) is 17.0 Å². The lowest BCUT2D eigenvalue weighted by molar-refractivity contribution is -0.162. The summed E-state index contributed by atoms with van der Waals surface area (Å²) in [4.78, 5) is 17.2. The van der Waals surface area contributed by atoms with Crippen molar-refractivity contribution in [3.05, 3.63) is 40.1 Å². The number of aliphatic hydroxyl groups excluding tert-OH is 1. The molecule has 0 amide bonds. The van der Waals surface area contributed by atoms with Gasteiger partial charge in [0.15, 0.2) is 5.89 Å². The van der Waals surface area contributed by atoms with E-state index in [1.807, 2.05) is 25.1 Å². The minimum Gasteiger partial charge on any atom is -0.408 e. The van der Waals surface area contributed by atoms with Crippen molar-refractivity contribution in [1.82, 2.24) is 4.98 Å². The molecule has 35 heavy (non-hydrogen) atoms. The van der Waals surface area contributed by atoms with Crippen LogP contribution < -0.4 is 5.63 Å². The van der Waals surface area contributed by atoms with E-state index in [0.29, 0.717) is 45.8 Å². The van der Waals surface area contributed by atoms with Crippen LogP contribution in [-0.2, 0) is 6.42 Å². The number of hydrogen-bond donors (Lipinski definition) is 1. The first-order valence-electron chi connectivity index (χ1n) is 14.4. The molecule has 4 aliphatic carbocycles. The van der Waals surface area contributed by atoms with Crippen molar-refractivity contribution in [2.75, 3.05) is 0 Å². The second kappa shape index (κ2) is 8.71. The Labute approximate surface area is 209 Å². The summed E-state index contributed by atoms with van der Waals surface area (Å²) < 4.78 is 5.61. The predicted octanol–water partition coefficient (Wildman–Crippen LogP) is 6.84. The largest absolute Gasteiger partial charge is 0.408 e. The van der Waals surface area contributed by atoms with Gasteiger partial charge in [0.25, 0.3) is 0 Å². The van der Waals surface area contributed by atoms with E-state index >= 15 is 0 Å². The van der Waals surface area contributed by atoms with E-state index < -0.39 is 0 Å². The first-order valence-corrected chi connectivity index (χ1v) is 14.4. The van der Waals surface area contributed by atoms with Gasteiger partial charge in [-0.15, -0.1) is 0 Å². The fourth-order valence-electron chi connectivity index (χ4n) is 9.77. The summed E-state index contributed by atoms with van der Waals surface area (Å²) in [5, 5.41) is 12.0. The van der Waals surface area contributed by atoms with Crippen LogP contribution in [0.2, 0.25) is 0 Å². The molecule has 0 aliphatic heterocycles. The Balaban J connectivity index is 1.15. The van der Waals surface area contributed by atoms with E-state index in [9.17, 15) is 9.90 Å². The molecule has 1 N–H and O–H groups in total. The van der Waals surface area contributed by atoms with Gasteiger partial charge in [0, 0.05) is 6.42 Å². The van der Waals surface area contributed by atoms with E-state index in [2.05, 4.69) is 18.8 Å². The van der Waals surface area contributed by atoms with Crippen molar-refractivity contribution >= 4 is 10.9 Å². The molecule has 1 aromatic heterocycles. The molecule has 4 saturated carbocycles. The van der Waals surface area contributed by atoms with Gasteiger partial charge in [0.1, 0.15) is 0 Å². The van der Waals surface area contributed by atoms with Crippen molar-refractivity contribution < 1.29 is 9.52 Å². The molecule has 4 aliphatic rings. The smallest absolute Gasteiger partial charge is 0.347 e. The van der Waals surface area contributed by atoms with Gasteiger partial charge in [-0.1, -0.05) is 38.8 Å². The predicted molar refractivity (Wildman–Crippen MR) is 139 cm³/mol. The second-order valence-corrected chi connectivity index (χ2v) is 13.1. The normalized spacial score (nSPS) is 40.8. The van der Waals surface area contributed by atoms with Crippen LogP contribution in [0.25, 0.3) is 10.9 Å². The minimum atomic E-state index is -0.255. The molecule has 8 unspecified atom stereocenters. The van der Waals surface area contributed by atoms with Gasteiger partial charge < -0.3 is 9.52 Å². The van der Waals surface area contributed by atoms with E-state index in [4.69, 9.17) is 4.42 Å². The highest BCUT2D eigenvalue weighted by atomic mass is 16.4. The van der Waals surface area contributed by atoms with Gasteiger partial charge in [-0.3, -0.25) is 0 Å². The first kappa shape index (κ1) is 23.7. The zero-order valence-corrected chi connectivity index (χ0v) is 21.9. The Morgan fingerprint density at radius 1 is 1.06 bits per heavy atom. The molecular weight excluding hydrogens is 434 g/mol. The minimum absolute atomic E-state index is 0.0981. The maximum atomic E-state index is 12.5. The third-order valence-electron chi connectivity index (χ3n) is 11.7. The average Bonchev–Trinajstić information content (AvgIpc) is 3.15. The summed E-state index contributed by atoms with van der Waals surface area (Å²) in [6, 6.07) is 5.81. The molecule has 4 nitrogen and oxygen atoms in total. The molecule has 0 radical (unpaired) electrons. The van der Waals surface area contributed by atoms with Crippen molar-refractivity contribution in [3.63, 3.8) is 0 Å². The van der Waals surface area contributed by atoms with Crippen molar-refractivity contribution in [2.45, 2.75) is 104 Å². The monoisotopic (exact) mass is 477 g/mol.